The van der Waals surface area contributed by atoms with Gasteiger partial charge in [0.15, 0.2) is 0 Å². The molecule has 2 aliphatic rings. The quantitative estimate of drug-likeness (QED) is 0.581. The van der Waals surface area contributed by atoms with Crippen LogP contribution < -0.4 is 4.90 Å². The summed E-state index contributed by atoms with van der Waals surface area (Å²) in [5.41, 5.74) is 6.21. The first-order valence-corrected chi connectivity index (χ1v) is 11.3. The van der Waals surface area contributed by atoms with Crippen LogP contribution in [0.25, 0.3) is 5.69 Å². The summed E-state index contributed by atoms with van der Waals surface area (Å²) in [4.78, 5) is 17.8. The number of hydrogen-bond acceptors (Lipinski definition) is 3. The van der Waals surface area contributed by atoms with Crippen molar-refractivity contribution in [2.75, 3.05) is 31.1 Å². The molecule has 3 aromatic rings. The van der Waals surface area contributed by atoms with Crippen molar-refractivity contribution in [1.29, 1.82) is 0 Å². The van der Waals surface area contributed by atoms with E-state index in [1.807, 2.05) is 34.7 Å². The van der Waals surface area contributed by atoms with E-state index >= 15 is 0 Å². The van der Waals surface area contributed by atoms with Crippen LogP contribution >= 0.6 is 11.6 Å². The zero-order valence-electron chi connectivity index (χ0n) is 18.0. The number of hydrogen-bond donors (Lipinski definition) is 0. The second-order valence-electron chi connectivity index (χ2n) is 8.68. The molecule has 2 fully saturated rings. The summed E-state index contributed by atoms with van der Waals surface area (Å²) < 4.78 is 1.92. The predicted molar refractivity (Wildman–Crippen MR) is 125 cm³/mol. The number of rotatable bonds is 4. The van der Waals surface area contributed by atoms with Gasteiger partial charge in [0, 0.05) is 42.8 Å². The molecule has 0 bridgehead atoms. The Morgan fingerprint density at radius 2 is 1.77 bits per heavy atom. The first-order chi connectivity index (χ1) is 15.0. The zero-order valence-corrected chi connectivity index (χ0v) is 18.8. The highest BCUT2D eigenvalue weighted by Crippen LogP contribution is 2.43. The Bertz CT molecular complexity index is 1130. The average molecular weight is 435 g/mol. The van der Waals surface area contributed by atoms with Crippen LogP contribution in [-0.2, 0) is 0 Å². The Morgan fingerprint density at radius 3 is 2.45 bits per heavy atom. The molecule has 2 aromatic carbocycles. The summed E-state index contributed by atoms with van der Waals surface area (Å²) in [6, 6.07) is 14.5. The third-order valence-corrected chi connectivity index (χ3v) is 6.74. The van der Waals surface area contributed by atoms with E-state index in [-0.39, 0.29) is 5.91 Å². The van der Waals surface area contributed by atoms with Gasteiger partial charge >= 0.3 is 0 Å². The standard InChI is InChI=1S/C25H27ClN4O/c1-17-4-3-5-20(14-17)28-10-12-29(13-11-28)25(31)22-16-27-30(24(22)19-7-8-19)21-9-6-18(2)23(26)15-21/h3-6,9,14-16,19H,7-8,10-13H2,1-2H3. The summed E-state index contributed by atoms with van der Waals surface area (Å²) in [6.45, 7) is 7.23. The van der Waals surface area contributed by atoms with Crippen molar-refractivity contribution < 1.29 is 4.79 Å². The molecule has 5 rings (SSSR count). The first kappa shape index (κ1) is 20.1. The molecule has 1 saturated heterocycles. The Labute approximate surface area is 188 Å². The molecular formula is C25H27ClN4O. The lowest BCUT2D eigenvalue weighted by molar-refractivity contribution is 0.0745. The maximum absolute atomic E-state index is 13.4. The number of piperazine rings is 1. The largest absolute Gasteiger partial charge is 0.368 e. The number of nitrogens with zero attached hydrogens (tertiary/aromatic N) is 4. The van der Waals surface area contributed by atoms with E-state index in [2.05, 4.69) is 41.2 Å². The van der Waals surface area contributed by atoms with Gasteiger partial charge in [0.1, 0.15) is 0 Å². The lowest BCUT2D eigenvalue weighted by atomic mass is 10.1. The molecule has 160 valence electrons. The number of anilines is 1. The van der Waals surface area contributed by atoms with Gasteiger partial charge in [-0.15, -0.1) is 0 Å². The Kier molecular flexibility index (Phi) is 5.22. The highest BCUT2D eigenvalue weighted by atomic mass is 35.5. The van der Waals surface area contributed by atoms with E-state index in [4.69, 9.17) is 11.6 Å². The van der Waals surface area contributed by atoms with Gasteiger partial charge in [-0.25, -0.2) is 4.68 Å². The van der Waals surface area contributed by atoms with E-state index in [0.717, 1.165) is 66.6 Å². The second-order valence-corrected chi connectivity index (χ2v) is 9.09. The summed E-state index contributed by atoms with van der Waals surface area (Å²) >= 11 is 6.36. The molecule has 0 atom stereocenters. The highest BCUT2D eigenvalue weighted by molar-refractivity contribution is 6.31. The van der Waals surface area contributed by atoms with Crippen LogP contribution in [0.5, 0.6) is 0 Å². The van der Waals surface area contributed by atoms with E-state index in [1.165, 1.54) is 11.3 Å². The molecule has 31 heavy (non-hydrogen) atoms. The summed E-state index contributed by atoms with van der Waals surface area (Å²) in [5, 5.41) is 5.32. The Hall–Kier alpha value is -2.79. The predicted octanol–water partition coefficient (Wildman–Crippen LogP) is 4.98. The van der Waals surface area contributed by atoms with Gasteiger partial charge in [-0.05, 0) is 62.1 Å². The number of carbonyl (C=O) groups is 1. The fourth-order valence-corrected chi connectivity index (χ4v) is 4.53. The SMILES string of the molecule is Cc1cccc(N2CCN(C(=O)c3cnn(-c4ccc(C)c(Cl)c4)c3C3CC3)CC2)c1. The smallest absolute Gasteiger partial charge is 0.257 e. The lowest BCUT2D eigenvalue weighted by Gasteiger charge is -2.36. The summed E-state index contributed by atoms with van der Waals surface area (Å²) in [7, 11) is 0. The van der Waals surface area contributed by atoms with E-state index < -0.39 is 0 Å². The summed E-state index contributed by atoms with van der Waals surface area (Å²) in [5.74, 6) is 0.491. The van der Waals surface area contributed by atoms with Crippen LogP contribution in [0, 0.1) is 13.8 Å². The molecule has 2 heterocycles. The van der Waals surface area contributed by atoms with Crippen LogP contribution in [-0.4, -0.2) is 46.8 Å². The minimum absolute atomic E-state index is 0.0928. The van der Waals surface area contributed by atoms with Gasteiger partial charge in [0.25, 0.3) is 5.91 Å². The van der Waals surface area contributed by atoms with Gasteiger partial charge in [-0.2, -0.15) is 5.10 Å². The minimum atomic E-state index is 0.0928. The van der Waals surface area contributed by atoms with Gasteiger partial charge in [-0.1, -0.05) is 29.8 Å². The van der Waals surface area contributed by atoms with Crippen molar-refractivity contribution in [3.8, 4) is 5.69 Å². The van der Waals surface area contributed by atoms with Crippen molar-refractivity contribution in [1.82, 2.24) is 14.7 Å². The van der Waals surface area contributed by atoms with E-state index in [9.17, 15) is 4.79 Å². The van der Waals surface area contributed by atoms with Crippen LogP contribution in [0.15, 0.2) is 48.7 Å². The molecule has 1 saturated carbocycles. The summed E-state index contributed by atoms with van der Waals surface area (Å²) in [6.07, 6.45) is 3.95. The Balaban J connectivity index is 1.36. The first-order valence-electron chi connectivity index (χ1n) is 11.0. The molecular weight excluding hydrogens is 408 g/mol. The normalized spacial score (nSPS) is 16.6. The monoisotopic (exact) mass is 434 g/mol. The highest BCUT2D eigenvalue weighted by Gasteiger charge is 2.35. The van der Waals surface area contributed by atoms with Crippen LogP contribution in [0.1, 0.15) is 45.9 Å². The minimum Gasteiger partial charge on any atom is -0.368 e. The van der Waals surface area contributed by atoms with Crippen LogP contribution in [0.2, 0.25) is 5.02 Å². The number of benzene rings is 2. The van der Waals surface area contributed by atoms with Crippen molar-refractivity contribution >= 4 is 23.2 Å². The Morgan fingerprint density at radius 1 is 1.00 bits per heavy atom. The topological polar surface area (TPSA) is 41.4 Å². The zero-order chi connectivity index (χ0) is 21.5. The third-order valence-electron chi connectivity index (χ3n) is 6.33. The lowest BCUT2D eigenvalue weighted by Crippen LogP contribution is -2.49. The molecule has 1 aliphatic carbocycles. The maximum Gasteiger partial charge on any atom is 0.257 e. The number of aryl methyl sites for hydroxylation is 2. The van der Waals surface area contributed by atoms with Gasteiger partial charge in [0.05, 0.1) is 23.1 Å². The van der Waals surface area contributed by atoms with Crippen molar-refractivity contribution in [3.63, 3.8) is 0 Å². The molecule has 0 unspecified atom stereocenters. The van der Waals surface area contributed by atoms with E-state index in [0.29, 0.717) is 5.92 Å². The fraction of sp³-hybridized carbons (Fsp3) is 0.360. The molecule has 1 aromatic heterocycles. The molecule has 0 radical (unpaired) electrons. The molecule has 1 amide bonds. The van der Waals surface area contributed by atoms with E-state index in [1.54, 1.807) is 6.20 Å². The maximum atomic E-state index is 13.4. The molecule has 0 N–H and O–H groups in total. The number of aromatic nitrogens is 2. The average Bonchev–Trinajstić information content (AvgIpc) is 3.53. The number of halogens is 1. The second kappa shape index (κ2) is 8.04. The van der Waals surface area contributed by atoms with Crippen LogP contribution in [0.4, 0.5) is 5.69 Å². The number of amides is 1. The van der Waals surface area contributed by atoms with Crippen molar-refractivity contribution in [2.24, 2.45) is 0 Å². The van der Waals surface area contributed by atoms with Crippen molar-refractivity contribution in [3.05, 3.63) is 76.1 Å². The molecule has 5 nitrogen and oxygen atoms in total. The van der Waals surface area contributed by atoms with Crippen LogP contribution in [0.3, 0.4) is 0 Å². The third kappa shape index (κ3) is 3.94. The van der Waals surface area contributed by atoms with Crippen molar-refractivity contribution in [2.45, 2.75) is 32.6 Å². The van der Waals surface area contributed by atoms with Gasteiger partial charge in [-0.3, -0.25) is 4.79 Å². The molecule has 1 aliphatic heterocycles. The molecule has 0 spiro atoms. The number of carbonyl (C=O) groups excluding carboxylic acids is 1. The van der Waals surface area contributed by atoms with Gasteiger partial charge in [0.2, 0.25) is 0 Å². The fourth-order valence-electron chi connectivity index (χ4n) is 4.35. The van der Waals surface area contributed by atoms with Gasteiger partial charge < -0.3 is 9.80 Å². The molecule has 6 heteroatoms.